The summed E-state index contributed by atoms with van der Waals surface area (Å²) in [5.74, 6) is 0.307. The van der Waals surface area contributed by atoms with Crippen LogP contribution in [0, 0.1) is 5.82 Å². The first-order valence-electron chi connectivity index (χ1n) is 9.54. The predicted molar refractivity (Wildman–Crippen MR) is 118 cm³/mol. The summed E-state index contributed by atoms with van der Waals surface area (Å²) in [6.45, 7) is 0. The Morgan fingerprint density at radius 1 is 1.16 bits per heavy atom. The zero-order chi connectivity index (χ0) is 22.2. The van der Waals surface area contributed by atoms with Gasteiger partial charge in [-0.3, -0.25) is 4.79 Å². The number of methoxy groups -OCH3 is 2. The molecule has 2 aliphatic heterocycles. The number of amides is 1. The molecule has 2 aromatic rings. The van der Waals surface area contributed by atoms with Crippen molar-refractivity contribution in [2.75, 3.05) is 30.6 Å². The fourth-order valence-electron chi connectivity index (χ4n) is 3.75. The minimum Gasteiger partial charge on any atom is -0.497 e. The van der Waals surface area contributed by atoms with Crippen molar-refractivity contribution in [1.82, 2.24) is 0 Å². The fraction of sp³-hybridized carbons (Fsp3) is 0.333. The lowest BCUT2D eigenvalue weighted by atomic mass is 10.1. The number of nitrogens with zero attached hydrogens (tertiary/aromatic N) is 2. The van der Waals surface area contributed by atoms with Crippen LogP contribution >= 0.6 is 11.8 Å². The molecule has 31 heavy (non-hydrogen) atoms. The van der Waals surface area contributed by atoms with Crippen molar-refractivity contribution in [1.29, 1.82) is 0 Å². The van der Waals surface area contributed by atoms with Gasteiger partial charge in [-0.05, 0) is 29.8 Å². The van der Waals surface area contributed by atoms with Gasteiger partial charge in [-0.15, -0.1) is 0 Å². The molecular weight excluding hydrogens is 443 g/mol. The standard InChI is InChI=1S/C21H21FN2O5S2/c1-28-15-7-8-18(29-2)16(10-15)24-17-11-31(26,27)12-19(17)30-21(24)23-20(25)9-13-3-5-14(22)6-4-13/h3-8,10,17,19H,9,11-12H2,1-2H3/t17-,19-/m0/s1. The molecule has 10 heteroatoms. The van der Waals surface area contributed by atoms with E-state index in [1.165, 1.54) is 38.1 Å². The highest BCUT2D eigenvalue weighted by Crippen LogP contribution is 2.45. The zero-order valence-electron chi connectivity index (χ0n) is 16.9. The maximum absolute atomic E-state index is 13.1. The topological polar surface area (TPSA) is 85.3 Å². The molecule has 0 saturated carbocycles. The summed E-state index contributed by atoms with van der Waals surface area (Å²) in [6, 6.07) is 10.5. The fourth-order valence-corrected chi connectivity index (χ4v) is 7.68. The monoisotopic (exact) mass is 464 g/mol. The second-order valence-corrected chi connectivity index (χ2v) is 10.7. The Balaban J connectivity index is 1.70. The average Bonchev–Trinajstić information content (AvgIpc) is 3.19. The van der Waals surface area contributed by atoms with Crippen LogP contribution in [-0.2, 0) is 21.1 Å². The van der Waals surface area contributed by atoms with Crippen molar-refractivity contribution in [3.63, 3.8) is 0 Å². The van der Waals surface area contributed by atoms with Crippen LogP contribution in [0.2, 0.25) is 0 Å². The number of ether oxygens (including phenoxy) is 2. The molecule has 4 rings (SSSR count). The van der Waals surface area contributed by atoms with Gasteiger partial charge in [0.2, 0.25) is 0 Å². The summed E-state index contributed by atoms with van der Waals surface area (Å²) in [6.07, 6.45) is 0.0149. The first-order chi connectivity index (χ1) is 14.8. The lowest BCUT2D eigenvalue weighted by Gasteiger charge is -2.26. The third kappa shape index (κ3) is 4.54. The molecule has 2 aliphatic rings. The highest BCUT2D eigenvalue weighted by molar-refractivity contribution is 8.16. The van der Waals surface area contributed by atoms with E-state index < -0.39 is 15.7 Å². The van der Waals surface area contributed by atoms with E-state index in [1.54, 1.807) is 35.2 Å². The van der Waals surface area contributed by atoms with Crippen molar-refractivity contribution >= 4 is 38.4 Å². The second kappa shape index (κ2) is 8.51. The molecule has 0 spiro atoms. The van der Waals surface area contributed by atoms with E-state index in [2.05, 4.69) is 4.99 Å². The van der Waals surface area contributed by atoms with E-state index in [9.17, 15) is 17.6 Å². The summed E-state index contributed by atoms with van der Waals surface area (Å²) >= 11 is 1.28. The zero-order valence-corrected chi connectivity index (χ0v) is 18.6. The van der Waals surface area contributed by atoms with Crippen LogP contribution in [0.5, 0.6) is 11.5 Å². The molecule has 2 heterocycles. The molecule has 2 saturated heterocycles. The number of carbonyl (C=O) groups is 1. The number of hydrogen-bond acceptors (Lipinski definition) is 6. The van der Waals surface area contributed by atoms with Gasteiger partial charge in [-0.25, -0.2) is 12.8 Å². The molecular formula is C21H21FN2O5S2. The smallest absolute Gasteiger partial charge is 0.252 e. The highest BCUT2D eigenvalue weighted by Gasteiger charge is 2.50. The number of sulfone groups is 1. The Bertz CT molecular complexity index is 1130. The number of thioether (sulfide) groups is 1. The van der Waals surface area contributed by atoms with Crippen LogP contribution in [0.4, 0.5) is 10.1 Å². The lowest BCUT2D eigenvalue weighted by Crippen LogP contribution is -2.38. The van der Waals surface area contributed by atoms with E-state index in [1.807, 2.05) is 0 Å². The summed E-state index contributed by atoms with van der Waals surface area (Å²) in [5, 5.41) is 0.182. The summed E-state index contributed by atoms with van der Waals surface area (Å²) < 4.78 is 48.5. The molecule has 0 bridgehead atoms. The van der Waals surface area contributed by atoms with Crippen LogP contribution in [0.25, 0.3) is 0 Å². The number of amidine groups is 1. The van der Waals surface area contributed by atoms with Gasteiger partial charge >= 0.3 is 0 Å². The Kier molecular flexibility index (Phi) is 5.94. The van der Waals surface area contributed by atoms with Gasteiger partial charge in [-0.1, -0.05) is 23.9 Å². The molecule has 164 valence electrons. The predicted octanol–water partition coefficient (Wildman–Crippen LogP) is 2.69. The number of anilines is 1. The van der Waals surface area contributed by atoms with Crippen molar-refractivity contribution < 1.29 is 27.1 Å². The van der Waals surface area contributed by atoms with Gasteiger partial charge in [-0.2, -0.15) is 4.99 Å². The molecule has 1 amide bonds. The van der Waals surface area contributed by atoms with E-state index in [4.69, 9.17) is 9.47 Å². The number of halogens is 1. The van der Waals surface area contributed by atoms with Crippen LogP contribution in [0.1, 0.15) is 5.56 Å². The Hall–Kier alpha value is -2.59. The van der Waals surface area contributed by atoms with Crippen molar-refractivity contribution in [2.45, 2.75) is 17.7 Å². The highest BCUT2D eigenvalue weighted by atomic mass is 32.2. The molecule has 0 unspecified atom stereocenters. The third-order valence-corrected chi connectivity index (χ3v) is 8.41. The first-order valence-corrected chi connectivity index (χ1v) is 12.2. The Labute approximate surface area is 184 Å². The number of benzene rings is 2. The lowest BCUT2D eigenvalue weighted by molar-refractivity contribution is -0.117. The van der Waals surface area contributed by atoms with E-state index in [0.29, 0.717) is 27.9 Å². The van der Waals surface area contributed by atoms with E-state index in [0.717, 1.165) is 0 Å². The van der Waals surface area contributed by atoms with Gasteiger partial charge in [0.25, 0.3) is 5.91 Å². The van der Waals surface area contributed by atoms with E-state index >= 15 is 0 Å². The number of carbonyl (C=O) groups excluding carboxylic acids is 1. The third-order valence-electron chi connectivity index (χ3n) is 5.20. The molecule has 0 aliphatic carbocycles. The van der Waals surface area contributed by atoms with Crippen LogP contribution in [0.3, 0.4) is 0 Å². The maximum Gasteiger partial charge on any atom is 0.252 e. The number of hydrogen-bond donors (Lipinski definition) is 0. The van der Waals surface area contributed by atoms with Crippen molar-refractivity contribution in [3.8, 4) is 11.5 Å². The van der Waals surface area contributed by atoms with E-state index in [-0.39, 0.29) is 35.0 Å². The van der Waals surface area contributed by atoms with Gasteiger partial charge < -0.3 is 14.4 Å². The molecule has 7 nitrogen and oxygen atoms in total. The SMILES string of the molecule is COc1ccc(OC)c(N2C(=NC(=O)Cc3ccc(F)cc3)S[C@H]3CS(=O)(=O)C[C@@H]32)c1. The summed E-state index contributed by atoms with van der Waals surface area (Å²) in [7, 11) is -0.138. The van der Waals surface area contributed by atoms with Gasteiger partial charge in [0, 0.05) is 11.3 Å². The summed E-state index contributed by atoms with van der Waals surface area (Å²) in [4.78, 5) is 18.7. The molecule has 0 N–H and O–H groups in total. The molecule has 0 radical (unpaired) electrons. The average molecular weight is 465 g/mol. The van der Waals surface area contributed by atoms with Crippen LogP contribution in [-0.4, -0.2) is 56.5 Å². The molecule has 2 atom stereocenters. The van der Waals surface area contributed by atoms with Gasteiger partial charge in [0.15, 0.2) is 15.0 Å². The summed E-state index contributed by atoms with van der Waals surface area (Å²) in [5.41, 5.74) is 1.24. The van der Waals surface area contributed by atoms with Crippen LogP contribution in [0.15, 0.2) is 47.5 Å². The second-order valence-electron chi connectivity index (χ2n) is 7.30. The quantitative estimate of drug-likeness (QED) is 0.673. The number of aliphatic imine (C=N–C) groups is 1. The first kappa shape index (κ1) is 21.6. The maximum atomic E-state index is 13.1. The molecule has 2 fully saturated rings. The Morgan fingerprint density at radius 3 is 2.58 bits per heavy atom. The van der Waals surface area contributed by atoms with Crippen molar-refractivity contribution in [3.05, 3.63) is 53.8 Å². The van der Waals surface area contributed by atoms with Gasteiger partial charge in [0.05, 0.1) is 43.9 Å². The minimum absolute atomic E-state index is 0.0149. The molecule has 2 aromatic carbocycles. The van der Waals surface area contributed by atoms with Crippen LogP contribution < -0.4 is 14.4 Å². The normalized spacial score (nSPS) is 23.1. The largest absolute Gasteiger partial charge is 0.497 e. The van der Waals surface area contributed by atoms with Gasteiger partial charge in [0.1, 0.15) is 17.3 Å². The van der Waals surface area contributed by atoms with Crippen molar-refractivity contribution in [2.24, 2.45) is 4.99 Å². The minimum atomic E-state index is -3.20. The number of rotatable bonds is 5. The molecule has 0 aromatic heterocycles. The number of fused-ring (bicyclic) bond motifs is 1. The Morgan fingerprint density at radius 2 is 1.90 bits per heavy atom.